The Labute approximate surface area is 130 Å². The maximum atomic E-state index is 12.2. The maximum absolute atomic E-state index is 12.2. The molecule has 1 saturated carbocycles. The van der Waals surface area contributed by atoms with Crippen molar-refractivity contribution in [2.24, 2.45) is 0 Å². The molecule has 21 heavy (non-hydrogen) atoms. The molecule has 1 aliphatic carbocycles. The van der Waals surface area contributed by atoms with Crippen LogP contribution in [0.2, 0.25) is 0 Å². The SMILES string of the molecule is Cc1nc(CN(C)C(=O)NC2CCN(C3CC3)CC2)cs1. The first kappa shape index (κ1) is 14.8. The number of rotatable bonds is 4. The summed E-state index contributed by atoms with van der Waals surface area (Å²) < 4.78 is 0. The zero-order valence-electron chi connectivity index (χ0n) is 12.8. The highest BCUT2D eigenvalue weighted by Crippen LogP contribution is 2.29. The molecule has 5 nitrogen and oxygen atoms in total. The molecule has 2 aliphatic rings. The number of hydrogen-bond acceptors (Lipinski definition) is 4. The Morgan fingerprint density at radius 1 is 1.43 bits per heavy atom. The summed E-state index contributed by atoms with van der Waals surface area (Å²) in [6, 6.07) is 1.19. The summed E-state index contributed by atoms with van der Waals surface area (Å²) in [6.07, 6.45) is 4.89. The molecule has 1 saturated heterocycles. The molecule has 1 aliphatic heterocycles. The molecule has 0 spiro atoms. The highest BCUT2D eigenvalue weighted by molar-refractivity contribution is 7.09. The van der Waals surface area contributed by atoms with Crippen molar-refractivity contribution in [2.45, 2.75) is 51.2 Å². The van der Waals surface area contributed by atoms with Crippen LogP contribution in [0.3, 0.4) is 0 Å². The van der Waals surface area contributed by atoms with E-state index in [1.54, 1.807) is 16.2 Å². The van der Waals surface area contributed by atoms with Gasteiger partial charge >= 0.3 is 6.03 Å². The number of aromatic nitrogens is 1. The molecule has 1 aromatic heterocycles. The van der Waals surface area contributed by atoms with Gasteiger partial charge in [0.2, 0.25) is 0 Å². The van der Waals surface area contributed by atoms with Gasteiger partial charge in [0, 0.05) is 37.6 Å². The Balaban J connectivity index is 1.42. The van der Waals surface area contributed by atoms with Crippen LogP contribution in [0.4, 0.5) is 4.79 Å². The van der Waals surface area contributed by atoms with Crippen LogP contribution < -0.4 is 5.32 Å². The van der Waals surface area contributed by atoms with Crippen molar-refractivity contribution >= 4 is 17.4 Å². The summed E-state index contributed by atoms with van der Waals surface area (Å²) in [4.78, 5) is 20.9. The van der Waals surface area contributed by atoms with Gasteiger partial charge in [0.15, 0.2) is 0 Å². The normalized spacial score (nSPS) is 20.5. The van der Waals surface area contributed by atoms with Gasteiger partial charge in [-0.3, -0.25) is 0 Å². The number of thiazole rings is 1. The average molecular weight is 308 g/mol. The van der Waals surface area contributed by atoms with E-state index in [4.69, 9.17) is 0 Å². The van der Waals surface area contributed by atoms with E-state index < -0.39 is 0 Å². The molecule has 3 rings (SSSR count). The third-order valence-electron chi connectivity index (χ3n) is 4.33. The minimum Gasteiger partial charge on any atom is -0.335 e. The van der Waals surface area contributed by atoms with Crippen LogP contribution in [0, 0.1) is 6.92 Å². The van der Waals surface area contributed by atoms with Crippen molar-refractivity contribution in [1.29, 1.82) is 0 Å². The fourth-order valence-corrected chi connectivity index (χ4v) is 3.53. The highest BCUT2D eigenvalue weighted by atomic mass is 32.1. The molecule has 0 radical (unpaired) electrons. The van der Waals surface area contributed by atoms with Crippen molar-refractivity contribution in [3.8, 4) is 0 Å². The Bertz CT molecular complexity index is 492. The molecule has 2 fully saturated rings. The van der Waals surface area contributed by atoms with E-state index in [9.17, 15) is 4.79 Å². The molecule has 6 heteroatoms. The van der Waals surface area contributed by atoms with E-state index in [1.165, 1.54) is 12.8 Å². The van der Waals surface area contributed by atoms with Crippen LogP contribution in [0.1, 0.15) is 36.4 Å². The Kier molecular flexibility index (Phi) is 4.45. The lowest BCUT2D eigenvalue weighted by Gasteiger charge is -2.33. The fourth-order valence-electron chi connectivity index (χ4n) is 2.93. The highest BCUT2D eigenvalue weighted by Gasteiger charge is 2.32. The van der Waals surface area contributed by atoms with Gasteiger partial charge in [0.1, 0.15) is 0 Å². The molecule has 1 N–H and O–H groups in total. The van der Waals surface area contributed by atoms with Crippen LogP contribution in [-0.2, 0) is 6.54 Å². The van der Waals surface area contributed by atoms with Crippen molar-refractivity contribution in [2.75, 3.05) is 20.1 Å². The predicted molar refractivity (Wildman–Crippen MR) is 84.5 cm³/mol. The number of nitrogens with zero attached hydrogens (tertiary/aromatic N) is 3. The van der Waals surface area contributed by atoms with E-state index in [0.29, 0.717) is 12.6 Å². The second-order valence-electron chi connectivity index (χ2n) is 6.20. The van der Waals surface area contributed by atoms with Crippen molar-refractivity contribution < 1.29 is 4.79 Å². The lowest BCUT2D eigenvalue weighted by Crippen LogP contribution is -2.48. The van der Waals surface area contributed by atoms with Crippen LogP contribution in [0.5, 0.6) is 0 Å². The van der Waals surface area contributed by atoms with Crippen molar-refractivity contribution in [3.63, 3.8) is 0 Å². The molecule has 2 heterocycles. The maximum Gasteiger partial charge on any atom is 0.317 e. The van der Waals surface area contributed by atoms with Crippen LogP contribution >= 0.6 is 11.3 Å². The minimum absolute atomic E-state index is 0.0190. The number of nitrogens with one attached hydrogen (secondary N) is 1. The molecular formula is C15H24N4OS. The molecule has 0 atom stereocenters. The lowest BCUT2D eigenvalue weighted by molar-refractivity contribution is 0.172. The molecule has 116 valence electrons. The standard InChI is InChI=1S/C15H24N4OS/c1-11-16-13(10-21-11)9-18(2)15(20)17-12-5-7-19(8-6-12)14-3-4-14/h10,12,14H,3-9H2,1-2H3,(H,17,20). The van der Waals surface area contributed by atoms with Crippen LogP contribution in [0.15, 0.2) is 5.38 Å². The van der Waals surface area contributed by atoms with Gasteiger partial charge in [-0.15, -0.1) is 11.3 Å². The van der Waals surface area contributed by atoms with E-state index in [-0.39, 0.29) is 6.03 Å². The summed E-state index contributed by atoms with van der Waals surface area (Å²) in [5.41, 5.74) is 0.971. The van der Waals surface area contributed by atoms with Gasteiger partial charge in [0.25, 0.3) is 0 Å². The number of carbonyl (C=O) groups excluding carboxylic acids is 1. The Hall–Kier alpha value is -1.14. The first-order valence-electron chi connectivity index (χ1n) is 7.78. The molecule has 0 bridgehead atoms. The third kappa shape index (κ3) is 3.95. The second-order valence-corrected chi connectivity index (χ2v) is 7.27. The van der Waals surface area contributed by atoms with Crippen molar-refractivity contribution in [1.82, 2.24) is 20.1 Å². The number of carbonyl (C=O) groups is 1. The zero-order valence-corrected chi connectivity index (χ0v) is 13.7. The van der Waals surface area contributed by atoms with E-state index in [1.807, 2.05) is 19.4 Å². The Morgan fingerprint density at radius 3 is 2.71 bits per heavy atom. The number of amides is 2. The smallest absolute Gasteiger partial charge is 0.317 e. The number of hydrogen-bond donors (Lipinski definition) is 1. The average Bonchev–Trinajstić information content (AvgIpc) is 3.23. The molecule has 1 aromatic rings. The number of likely N-dealkylation sites (tertiary alicyclic amines) is 1. The van der Waals surface area contributed by atoms with Crippen molar-refractivity contribution in [3.05, 3.63) is 16.1 Å². The summed E-state index contributed by atoms with van der Waals surface area (Å²) in [7, 11) is 1.84. The molecule has 0 unspecified atom stereocenters. The first-order chi connectivity index (χ1) is 10.1. The van der Waals surface area contributed by atoms with Gasteiger partial charge in [-0.05, 0) is 32.6 Å². The summed E-state index contributed by atoms with van der Waals surface area (Å²) in [6.45, 7) is 4.83. The summed E-state index contributed by atoms with van der Waals surface area (Å²) >= 11 is 1.63. The third-order valence-corrected chi connectivity index (χ3v) is 5.16. The quantitative estimate of drug-likeness (QED) is 0.928. The monoisotopic (exact) mass is 308 g/mol. The number of urea groups is 1. The van der Waals surface area contributed by atoms with Crippen LogP contribution in [0.25, 0.3) is 0 Å². The minimum atomic E-state index is 0.0190. The van der Waals surface area contributed by atoms with E-state index in [2.05, 4.69) is 15.2 Å². The first-order valence-corrected chi connectivity index (χ1v) is 8.66. The lowest BCUT2D eigenvalue weighted by atomic mass is 10.1. The summed E-state index contributed by atoms with van der Waals surface area (Å²) in [5, 5.41) is 6.23. The zero-order chi connectivity index (χ0) is 14.8. The predicted octanol–water partition coefficient (Wildman–Crippen LogP) is 2.22. The topological polar surface area (TPSA) is 48.5 Å². The molecule has 2 amide bonds. The molecular weight excluding hydrogens is 284 g/mol. The van der Waals surface area contributed by atoms with Gasteiger partial charge < -0.3 is 15.1 Å². The van der Waals surface area contributed by atoms with E-state index >= 15 is 0 Å². The largest absolute Gasteiger partial charge is 0.335 e. The van der Waals surface area contributed by atoms with Gasteiger partial charge in [-0.1, -0.05) is 0 Å². The summed E-state index contributed by atoms with van der Waals surface area (Å²) in [5.74, 6) is 0. The van der Waals surface area contributed by atoms with Gasteiger partial charge in [-0.25, -0.2) is 9.78 Å². The number of aryl methyl sites for hydroxylation is 1. The van der Waals surface area contributed by atoms with Gasteiger partial charge in [0.05, 0.1) is 17.2 Å². The number of piperidine rings is 1. The molecule has 0 aromatic carbocycles. The fraction of sp³-hybridized carbons (Fsp3) is 0.733. The Morgan fingerprint density at radius 2 is 2.14 bits per heavy atom. The van der Waals surface area contributed by atoms with E-state index in [0.717, 1.165) is 42.7 Å². The van der Waals surface area contributed by atoms with Crippen LogP contribution in [-0.4, -0.2) is 53.0 Å². The second kappa shape index (κ2) is 6.32. The van der Waals surface area contributed by atoms with Gasteiger partial charge in [-0.2, -0.15) is 0 Å².